The van der Waals surface area contributed by atoms with Crippen molar-refractivity contribution in [3.05, 3.63) is 60.7 Å². The number of nitrogens with one attached hydrogen (secondary N) is 1. The van der Waals surface area contributed by atoms with Gasteiger partial charge in [0.2, 0.25) is 6.35 Å². The van der Waals surface area contributed by atoms with Crippen LogP contribution in [0, 0.1) is 0 Å². The number of aromatic nitrogens is 3. The molecule has 0 saturated carbocycles. The zero-order valence-corrected chi connectivity index (χ0v) is 17.0. The Bertz CT molecular complexity index is 1110. The first kappa shape index (κ1) is 20.5. The van der Waals surface area contributed by atoms with Crippen LogP contribution in [0.2, 0.25) is 0 Å². The van der Waals surface area contributed by atoms with Gasteiger partial charge in [0.25, 0.3) is 0 Å². The van der Waals surface area contributed by atoms with E-state index in [0.717, 1.165) is 43.8 Å². The fourth-order valence-corrected chi connectivity index (χ4v) is 4.37. The van der Waals surface area contributed by atoms with E-state index in [0.29, 0.717) is 22.8 Å². The average molecular weight is 442 g/mol. The SMILES string of the molecule is OC(Nc1cncnc1)N1c2nc(-c3cccc(C(F)(F)F)c3)ccc2N2CCC[C@H]1C2. The highest BCUT2D eigenvalue weighted by Crippen LogP contribution is 2.40. The highest BCUT2D eigenvalue weighted by Gasteiger charge is 2.38. The zero-order chi connectivity index (χ0) is 22.3. The van der Waals surface area contributed by atoms with Gasteiger partial charge < -0.3 is 20.2 Å². The number of benzene rings is 1. The van der Waals surface area contributed by atoms with Crippen LogP contribution in [-0.4, -0.2) is 45.5 Å². The molecular formula is C22H21F3N6O. The molecule has 32 heavy (non-hydrogen) atoms. The van der Waals surface area contributed by atoms with Crippen molar-refractivity contribution in [2.75, 3.05) is 28.2 Å². The summed E-state index contributed by atoms with van der Waals surface area (Å²) >= 11 is 0. The number of anilines is 3. The van der Waals surface area contributed by atoms with Crippen LogP contribution >= 0.6 is 0 Å². The molecule has 0 amide bonds. The van der Waals surface area contributed by atoms with Crippen molar-refractivity contribution in [2.24, 2.45) is 0 Å². The summed E-state index contributed by atoms with van der Waals surface area (Å²) in [6.45, 7) is 1.61. The lowest BCUT2D eigenvalue weighted by atomic mass is 9.99. The Morgan fingerprint density at radius 1 is 1.12 bits per heavy atom. The molecule has 2 aliphatic heterocycles. The van der Waals surface area contributed by atoms with Crippen LogP contribution in [-0.2, 0) is 6.18 Å². The highest BCUT2D eigenvalue weighted by molar-refractivity contribution is 5.76. The van der Waals surface area contributed by atoms with Crippen molar-refractivity contribution in [3.8, 4) is 11.3 Å². The topological polar surface area (TPSA) is 77.4 Å². The Kier molecular flexibility index (Phi) is 5.09. The first-order valence-electron chi connectivity index (χ1n) is 10.3. The molecule has 1 saturated heterocycles. The molecule has 0 spiro atoms. The lowest BCUT2D eigenvalue weighted by Crippen LogP contribution is -2.58. The number of alkyl halides is 3. The summed E-state index contributed by atoms with van der Waals surface area (Å²) in [6, 6.07) is 8.72. The monoisotopic (exact) mass is 442 g/mol. The minimum Gasteiger partial charge on any atom is -0.366 e. The summed E-state index contributed by atoms with van der Waals surface area (Å²) < 4.78 is 39.6. The van der Waals surface area contributed by atoms with E-state index >= 15 is 0 Å². The Morgan fingerprint density at radius 2 is 1.94 bits per heavy atom. The molecule has 10 heteroatoms. The van der Waals surface area contributed by atoms with E-state index in [1.807, 2.05) is 6.07 Å². The third-order valence-electron chi connectivity index (χ3n) is 5.84. The van der Waals surface area contributed by atoms with E-state index in [-0.39, 0.29) is 6.04 Å². The second-order valence-corrected chi connectivity index (χ2v) is 7.91. The maximum absolute atomic E-state index is 13.2. The van der Waals surface area contributed by atoms with Gasteiger partial charge in [0.15, 0.2) is 5.82 Å². The summed E-state index contributed by atoms with van der Waals surface area (Å²) in [6.07, 6.45) is 0.815. The zero-order valence-electron chi connectivity index (χ0n) is 17.0. The molecular weight excluding hydrogens is 421 g/mol. The average Bonchev–Trinajstić information content (AvgIpc) is 2.79. The predicted molar refractivity (Wildman–Crippen MR) is 114 cm³/mol. The number of aliphatic hydroxyl groups excluding tert-OH is 1. The number of piperidine rings is 1. The molecule has 2 aromatic heterocycles. The Balaban J connectivity index is 1.54. The summed E-state index contributed by atoms with van der Waals surface area (Å²) in [4.78, 5) is 16.6. The van der Waals surface area contributed by atoms with Gasteiger partial charge in [-0.2, -0.15) is 13.2 Å². The number of pyridine rings is 1. The molecule has 4 heterocycles. The van der Waals surface area contributed by atoms with Crippen molar-refractivity contribution in [1.29, 1.82) is 0 Å². The van der Waals surface area contributed by atoms with Crippen LogP contribution in [0.4, 0.5) is 30.4 Å². The van der Waals surface area contributed by atoms with Crippen LogP contribution in [0.1, 0.15) is 18.4 Å². The van der Waals surface area contributed by atoms with Gasteiger partial charge in [-0.05, 0) is 37.1 Å². The van der Waals surface area contributed by atoms with Crippen molar-refractivity contribution in [1.82, 2.24) is 15.0 Å². The standard InChI is InChI=1S/C22H21F3N6O/c23-22(24,25)15-4-1-3-14(9-15)18-6-7-19-20(29-18)31(17-5-2-8-30(19)12-17)21(32)28-16-10-26-13-27-11-16/h1,3-4,6-7,9-11,13,17,21,28,32H,2,5,8,12H2/t17-,21?/m0/s1. The van der Waals surface area contributed by atoms with Gasteiger partial charge in [-0.15, -0.1) is 0 Å². The molecule has 1 aromatic carbocycles. The van der Waals surface area contributed by atoms with Crippen LogP contribution in [0.5, 0.6) is 0 Å². The van der Waals surface area contributed by atoms with Gasteiger partial charge in [-0.25, -0.2) is 15.0 Å². The molecule has 1 unspecified atom stereocenters. The number of rotatable bonds is 4. The molecule has 2 atom stereocenters. The number of aliphatic hydroxyl groups is 1. The van der Waals surface area contributed by atoms with Gasteiger partial charge in [0, 0.05) is 18.7 Å². The van der Waals surface area contributed by atoms with Crippen molar-refractivity contribution in [2.45, 2.75) is 31.4 Å². The fourth-order valence-electron chi connectivity index (χ4n) is 4.37. The number of halogens is 3. The molecule has 0 radical (unpaired) electrons. The number of nitrogens with zero attached hydrogens (tertiary/aromatic N) is 5. The lowest BCUT2D eigenvalue weighted by molar-refractivity contribution is -0.137. The van der Waals surface area contributed by atoms with Crippen LogP contribution in [0.15, 0.2) is 55.1 Å². The van der Waals surface area contributed by atoms with E-state index in [1.54, 1.807) is 29.4 Å². The van der Waals surface area contributed by atoms with Crippen LogP contribution in [0.25, 0.3) is 11.3 Å². The first-order chi connectivity index (χ1) is 15.4. The lowest BCUT2D eigenvalue weighted by Gasteiger charge is -2.48. The normalized spacial score (nSPS) is 18.8. The van der Waals surface area contributed by atoms with Crippen molar-refractivity contribution >= 4 is 17.2 Å². The Hall–Kier alpha value is -3.40. The van der Waals surface area contributed by atoms with E-state index in [1.165, 1.54) is 12.4 Å². The number of hydrogen-bond donors (Lipinski definition) is 2. The summed E-state index contributed by atoms with van der Waals surface area (Å²) in [5.41, 5.74) is 1.46. The minimum atomic E-state index is -4.43. The molecule has 1 fully saturated rings. The number of fused-ring (bicyclic) bond motifs is 4. The van der Waals surface area contributed by atoms with Gasteiger partial charge >= 0.3 is 6.18 Å². The van der Waals surface area contributed by atoms with Crippen molar-refractivity contribution < 1.29 is 18.3 Å². The predicted octanol–water partition coefficient (Wildman–Crippen LogP) is 3.73. The third-order valence-corrected chi connectivity index (χ3v) is 5.84. The molecule has 166 valence electrons. The first-order valence-corrected chi connectivity index (χ1v) is 10.3. The molecule has 2 N–H and O–H groups in total. The van der Waals surface area contributed by atoms with Crippen LogP contribution in [0.3, 0.4) is 0 Å². The second kappa shape index (κ2) is 7.94. The molecule has 2 aliphatic rings. The summed E-state index contributed by atoms with van der Waals surface area (Å²) in [7, 11) is 0. The minimum absolute atomic E-state index is 0.00707. The number of hydrogen-bond acceptors (Lipinski definition) is 7. The van der Waals surface area contributed by atoms with E-state index < -0.39 is 18.1 Å². The Morgan fingerprint density at radius 3 is 2.72 bits per heavy atom. The van der Waals surface area contributed by atoms with E-state index in [9.17, 15) is 18.3 Å². The van der Waals surface area contributed by atoms with Gasteiger partial charge in [-0.1, -0.05) is 12.1 Å². The summed E-state index contributed by atoms with van der Waals surface area (Å²) in [5, 5.41) is 14.0. The summed E-state index contributed by atoms with van der Waals surface area (Å²) in [5.74, 6) is 0.535. The quantitative estimate of drug-likeness (QED) is 0.596. The molecule has 7 nitrogen and oxygen atoms in total. The van der Waals surface area contributed by atoms with E-state index in [2.05, 4.69) is 20.2 Å². The van der Waals surface area contributed by atoms with Gasteiger partial charge in [-0.3, -0.25) is 0 Å². The van der Waals surface area contributed by atoms with E-state index in [4.69, 9.17) is 4.98 Å². The largest absolute Gasteiger partial charge is 0.416 e. The maximum atomic E-state index is 13.2. The molecule has 5 rings (SSSR count). The van der Waals surface area contributed by atoms with Gasteiger partial charge in [0.1, 0.15) is 6.33 Å². The van der Waals surface area contributed by atoms with Crippen molar-refractivity contribution in [3.63, 3.8) is 0 Å². The van der Waals surface area contributed by atoms with Gasteiger partial charge in [0.05, 0.1) is 41.1 Å². The maximum Gasteiger partial charge on any atom is 0.416 e. The second-order valence-electron chi connectivity index (χ2n) is 7.91. The highest BCUT2D eigenvalue weighted by atomic mass is 19.4. The fraction of sp³-hybridized carbons (Fsp3) is 0.318. The third kappa shape index (κ3) is 3.81. The Labute approximate surface area is 182 Å². The molecule has 0 aliphatic carbocycles. The smallest absolute Gasteiger partial charge is 0.366 e. The van der Waals surface area contributed by atoms with Crippen LogP contribution < -0.4 is 15.1 Å². The molecule has 2 bridgehead atoms. The molecule has 3 aromatic rings.